The molecule has 6 heteroatoms. The number of alkyl halides is 3. The first-order valence-electron chi connectivity index (χ1n) is 6.56. The van der Waals surface area contributed by atoms with Crippen molar-refractivity contribution in [2.75, 3.05) is 5.32 Å². The third-order valence-electron chi connectivity index (χ3n) is 2.39. The Morgan fingerprint density at radius 2 is 1.86 bits per heavy atom. The van der Waals surface area contributed by atoms with Crippen molar-refractivity contribution in [1.82, 2.24) is 0 Å². The summed E-state index contributed by atoms with van der Waals surface area (Å²) in [5.41, 5.74) is 2.73. The molecule has 0 atom stereocenters. The molecule has 0 heterocycles. The molecule has 1 aromatic rings. The normalized spacial score (nSPS) is 11.8. The van der Waals surface area contributed by atoms with Crippen LogP contribution in [0.1, 0.15) is 13.8 Å². The maximum absolute atomic E-state index is 12.1. The molecule has 0 fully saturated rings. The van der Waals surface area contributed by atoms with E-state index in [9.17, 15) is 13.2 Å². The van der Waals surface area contributed by atoms with E-state index in [0.717, 1.165) is 17.6 Å². The van der Waals surface area contributed by atoms with Crippen molar-refractivity contribution in [3.63, 3.8) is 0 Å². The minimum absolute atomic E-state index is 0.234. The lowest BCUT2D eigenvalue weighted by Gasteiger charge is -2.11. The molecule has 2 nitrogen and oxygen atoms in total. The van der Waals surface area contributed by atoms with Crippen LogP contribution in [0, 0.1) is 0 Å². The summed E-state index contributed by atoms with van der Waals surface area (Å²) in [7, 11) is 2.01. The Bertz CT molecular complexity index is 503. The minimum Gasteiger partial charge on any atom is -0.406 e. The molecule has 0 amide bonds. The van der Waals surface area contributed by atoms with Crippen LogP contribution in [0.3, 0.4) is 0 Å². The number of anilines is 1. The first kappa shape index (κ1) is 17.2. The zero-order chi connectivity index (χ0) is 15.9. The number of hydrogen-bond acceptors (Lipinski definition) is 2. The van der Waals surface area contributed by atoms with Gasteiger partial charge in [-0.15, -0.1) is 13.2 Å². The fourth-order valence-electron chi connectivity index (χ4n) is 1.61. The van der Waals surface area contributed by atoms with Gasteiger partial charge in [-0.05, 0) is 44.2 Å². The van der Waals surface area contributed by atoms with E-state index in [0.29, 0.717) is 5.69 Å². The van der Waals surface area contributed by atoms with Gasteiger partial charge in [0.2, 0.25) is 0 Å². The predicted octanol–water partition coefficient (Wildman–Crippen LogP) is 5.02. The maximum Gasteiger partial charge on any atom is 0.573 e. The van der Waals surface area contributed by atoms with Crippen molar-refractivity contribution in [2.45, 2.75) is 33.4 Å². The van der Waals surface area contributed by atoms with Crippen LogP contribution in [0.15, 0.2) is 47.7 Å². The number of nitrogens with one attached hydrogen (secondary N) is 1. The summed E-state index contributed by atoms with van der Waals surface area (Å²) in [5, 5.41) is 3.16. The van der Waals surface area contributed by atoms with Crippen LogP contribution >= 0.6 is 0 Å². The van der Waals surface area contributed by atoms with Crippen molar-refractivity contribution in [2.24, 2.45) is 0 Å². The SMILES string of the molecule is C[B]C/C=C(/C=C(C)C)Nc1ccc(OC(F)(F)F)cc1. The monoisotopic (exact) mass is 296 g/mol. The number of halogens is 3. The first-order valence-corrected chi connectivity index (χ1v) is 6.56. The van der Waals surface area contributed by atoms with Crippen molar-refractivity contribution in [3.8, 4) is 5.75 Å². The zero-order valence-corrected chi connectivity index (χ0v) is 12.3. The lowest BCUT2D eigenvalue weighted by molar-refractivity contribution is -0.274. The highest BCUT2D eigenvalue weighted by atomic mass is 19.4. The van der Waals surface area contributed by atoms with Crippen LogP contribution in [0.25, 0.3) is 0 Å². The molecular weight excluding hydrogens is 278 g/mol. The van der Waals surface area contributed by atoms with Gasteiger partial charge in [0, 0.05) is 11.4 Å². The molecule has 0 aliphatic carbocycles. The molecule has 1 N–H and O–H groups in total. The Kier molecular flexibility index (Phi) is 6.40. The fraction of sp³-hybridized carbons (Fsp3) is 0.333. The van der Waals surface area contributed by atoms with Crippen molar-refractivity contribution in [1.29, 1.82) is 0 Å². The number of benzene rings is 1. The molecule has 0 aliphatic rings. The Labute approximate surface area is 123 Å². The third-order valence-corrected chi connectivity index (χ3v) is 2.39. The Morgan fingerprint density at radius 1 is 1.24 bits per heavy atom. The minimum atomic E-state index is -4.67. The second-order valence-corrected chi connectivity index (χ2v) is 4.72. The Balaban J connectivity index is 2.79. The topological polar surface area (TPSA) is 21.3 Å². The standard InChI is InChI=1S/C15H18BF3NO/c1-11(2)10-13(8-9-16-3)20-12-4-6-14(7-5-12)21-15(17,18)19/h4-8,10,20H,9H2,1-3H3/b13-8-. The van der Waals surface area contributed by atoms with E-state index >= 15 is 0 Å². The molecular formula is C15H18BF3NO. The summed E-state index contributed by atoms with van der Waals surface area (Å²) in [6.07, 6.45) is 0.122. The molecule has 0 aromatic heterocycles. The second kappa shape index (κ2) is 7.81. The largest absolute Gasteiger partial charge is 0.573 e. The van der Waals surface area contributed by atoms with E-state index in [1.165, 1.54) is 12.1 Å². The lowest BCUT2D eigenvalue weighted by atomic mass is 9.78. The maximum atomic E-state index is 12.1. The molecule has 0 unspecified atom stereocenters. The Morgan fingerprint density at radius 3 is 2.33 bits per heavy atom. The highest BCUT2D eigenvalue weighted by molar-refractivity contribution is 6.34. The predicted molar refractivity (Wildman–Crippen MR) is 80.7 cm³/mol. The number of rotatable bonds is 6. The van der Waals surface area contributed by atoms with Crippen LogP contribution in [-0.2, 0) is 0 Å². The summed E-state index contributed by atoms with van der Waals surface area (Å²) in [4.78, 5) is 0. The van der Waals surface area contributed by atoms with Gasteiger partial charge in [0.15, 0.2) is 0 Å². The molecule has 21 heavy (non-hydrogen) atoms. The summed E-state index contributed by atoms with van der Waals surface area (Å²) in [6, 6.07) is 5.65. The average molecular weight is 296 g/mol. The van der Waals surface area contributed by atoms with Crippen LogP contribution in [0.2, 0.25) is 13.1 Å². The van der Waals surface area contributed by atoms with Gasteiger partial charge in [0.25, 0.3) is 0 Å². The van der Waals surface area contributed by atoms with E-state index in [4.69, 9.17) is 0 Å². The molecule has 0 aliphatic heterocycles. The van der Waals surface area contributed by atoms with Gasteiger partial charge in [-0.25, -0.2) is 0 Å². The molecule has 113 valence electrons. The van der Waals surface area contributed by atoms with Gasteiger partial charge in [0.05, 0.1) is 0 Å². The van der Waals surface area contributed by atoms with Crippen molar-refractivity contribution in [3.05, 3.63) is 47.7 Å². The Hall–Kier alpha value is -1.85. The van der Waals surface area contributed by atoms with Crippen LogP contribution in [-0.4, -0.2) is 13.6 Å². The quantitative estimate of drug-likeness (QED) is 0.588. The fourth-order valence-corrected chi connectivity index (χ4v) is 1.61. The van der Waals surface area contributed by atoms with Gasteiger partial charge in [-0.1, -0.05) is 24.8 Å². The van der Waals surface area contributed by atoms with Gasteiger partial charge >= 0.3 is 6.36 Å². The smallest absolute Gasteiger partial charge is 0.406 e. The van der Waals surface area contributed by atoms with Gasteiger partial charge < -0.3 is 10.1 Å². The lowest BCUT2D eigenvalue weighted by Crippen LogP contribution is -2.17. The summed E-state index contributed by atoms with van der Waals surface area (Å²) >= 11 is 0. The van der Waals surface area contributed by atoms with Crippen LogP contribution < -0.4 is 10.1 Å². The van der Waals surface area contributed by atoms with E-state index in [1.807, 2.05) is 40.1 Å². The van der Waals surface area contributed by atoms with Gasteiger partial charge in [-0.2, -0.15) is 0 Å². The molecule has 1 rings (SSSR count). The summed E-state index contributed by atoms with van der Waals surface area (Å²) in [5.74, 6) is -0.234. The highest BCUT2D eigenvalue weighted by Crippen LogP contribution is 2.24. The first-order chi connectivity index (χ1) is 9.80. The number of allylic oxidation sites excluding steroid dienone is 3. The number of ether oxygens (including phenoxy) is 1. The zero-order valence-electron chi connectivity index (χ0n) is 12.3. The molecule has 0 bridgehead atoms. The van der Waals surface area contributed by atoms with E-state index in [1.54, 1.807) is 12.1 Å². The average Bonchev–Trinajstić information content (AvgIpc) is 2.36. The van der Waals surface area contributed by atoms with E-state index < -0.39 is 6.36 Å². The molecule has 0 spiro atoms. The van der Waals surface area contributed by atoms with Gasteiger partial charge in [-0.3, -0.25) is 0 Å². The molecule has 0 saturated heterocycles. The summed E-state index contributed by atoms with van der Waals surface area (Å²) < 4.78 is 40.1. The molecule has 0 saturated carbocycles. The van der Waals surface area contributed by atoms with E-state index in [-0.39, 0.29) is 5.75 Å². The number of hydrogen-bond donors (Lipinski definition) is 1. The molecule has 1 radical (unpaired) electrons. The highest BCUT2D eigenvalue weighted by Gasteiger charge is 2.30. The van der Waals surface area contributed by atoms with E-state index in [2.05, 4.69) is 10.1 Å². The van der Waals surface area contributed by atoms with Crippen molar-refractivity contribution >= 4 is 13.0 Å². The molecule has 1 aromatic carbocycles. The van der Waals surface area contributed by atoms with Crippen LogP contribution in [0.5, 0.6) is 5.75 Å². The third kappa shape index (κ3) is 7.49. The van der Waals surface area contributed by atoms with Gasteiger partial charge in [0.1, 0.15) is 13.0 Å². The second-order valence-electron chi connectivity index (χ2n) is 4.72. The van der Waals surface area contributed by atoms with Crippen LogP contribution in [0.4, 0.5) is 18.9 Å². The van der Waals surface area contributed by atoms with Crippen molar-refractivity contribution < 1.29 is 17.9 Å². The summed E-state index contributed by atoms with van der Waals surface area (Å²) in [6.45, 7) is 5.91.